The normalized spacial score (nSPS) is 26.9. The summed E-state index contributed by atoms with van der Waals surface area (Å²) < 4.78 is 108. The van der Waals surface area contributed by atoms with Crippen molar-refractivity contribution >= 4 is 5.97 Å². The summed E-state index contributed by atoms with van der Waals surface area (Å²) in [4.78, 5) is 12.5. The van der Waals surface area contributed by atoms with Gasteiger partial charge in [-0.25, -0.2) is 4.79 Å². The minimum absolute atomic E-state index is 0.0197. The Kier molecular flexibility index (Phi) is 11.2. The topological polar surface area (TPSA) is 94.5 Å². The van der Waals surface area contributed by atoms with Crippen molar-refractivity contribution in [2.45, 2.75) is 160 Å². The summed E-state index contributed by atoms with van der Waals surface area (Å²) in [7, 11) is 0. The minimum Gasteiger partial charge on any atom is -0.456 e. The lowest BCUT2D eigenvalue weighted by atomic mass is 9.60. The fourth-order valence-electron chi connectivity index (χ4n) is 6.83. The van der Waals surface area contributed by atoms with Crippen LogP contribution in [0, 0.1) is 11.8 Å². The van der Waals surface area contributed by atoms with E-state index in [9.17, 15) is 41.4 Å². The molecule has 0 radical (unpaired) electrons. The van der Waals surface area contributed by atoms with E-state index in [4.69, 9.17) is 18.9 Å². The maximum absolute atomic E-state index is 13.9. The van der Waals surface area contributed by atoms with Crippen LogP contribution >= 0.6 is 0 Å². The molecule has 0 aromatic carbocycles. The average molecular weight is 635 g/mol. The molecule has 2 rings (SSSR count). The van der Waals surface area contributed by atoms with E-state index in [-0.39, 0.29) is 24.8 Å². The van der Waals surface area contributed by atoms with Crippen LogP contribution in [-0.2, 0) is 23.7 Å². The van der Waals surface area contributed by atoms with Crippen LogP contribution in [0.5, 0.6) is 0 Å². The van der Waals surface area contributed by atoms with Gasteiger partial charge in [0.2, 0.25) is 0 Å². The Balaban J connectivity index is 2.74. The van der Waals surface area contributed by atoms with Crippen LogP contribution in [0.15, 0.2) is 12.2 Å². The summed E-state index contributed by atoms with van der Waals surface area (Å²) >= 11 is 0. The molecule has 0 aliphatic carbocycles. The third kappa shape index (κ3) is 6.76. The molecule has 7 unspecified atom stereocenters. The fourth-order valence-corrected chi connectivity index (χ4v) is 6.83. The highest BCUT2D eigenvalue weighted by molar-refractivity contribution is 5.87. The standard InChI is InChI=1S/C30H48F6O7/c1-11-26(12-2,43-18(8)28(39,29(31,32)33)30(34,35)36)21-19-15-20(41-24(37)16(5)6)23(40-19)22(21)27(13-3,14-4)42-17(7)25(9,10)38/h17-23,38-39H,5,11-15H2,1-4,6-10H3. The van der Waals surface area contributed by atoms with Gasteiger partial charge < -0.3 is 29.2 Å². The number of fused-ring (bicyclic) bond motifs is 2. The van der Waals surface area contributed by atoms with E-state index < -0.39 is 83.1 Å². The zero-order chi connectivity index (χ0) is 33.6. The second-order valence-electron chi connectivity index (χ2n) is 12.6. The van der Waals surface area contributed by atoms with Gasteiger partial charge in [0.05, 0.1) is 29.0 Å². The second-order valence-corrected chi connectivity index (χ2v) is 12.6. The van der Waals surface area contributed by atoms with Crippen LogP contribution in [0.4, 0.5) is 26.3 Å². The summed E-state index contributed by atoms with van der Waals surface area (Å²) in [5, 5.41) is 20.9. The number of alkyl halides is 6. The van der Waals surface area contributed by atoms with Gasteiger partial charge in [-0.15, -0.1) is 0 Å². The Bertz CT molecular complexity index is 967. The monoisotopic (exact) mass is 634 g/mol. The van der Waals surface area contributed by atoms with Crippen molar-refractivity contribution in [1.29, 1.82) is 0 Å². The third-order valence-corrected chi connectivity index (χ3v) is 9.79. The molecule has 0 spiro atoms. The Morgan fingerprint density at radius 2 is 1.28 bits per heavy atom. The van der Waals surface area contributed by atoms with E-state index in [2.05, 4.69) is 6.58 Å². The Labute approximate surface area is 250 Å². The first-order valence-electron chi connectivity index (χ1n) is 14.9. The molecular weight excluding hydrogens is 586 g/mol. The van der Waals surface area contributed by atoms with E-state index in [1.165, 1.54) is 6.92 Å². The van der Waals surface area contributed by atoms with Gasteiger partial charge in [-0.1, -0.05) is 34.3 Å². The van der Waals surface area contributed by atoms with Crippen molar-refractivity contribution in [3.63, 3.8) is 0 Å². The van der Waals surface area contributed by atoms with Crippen molar-refractivity contribution in [3.8, 4) is 0 Å². The number of halogens is 6. The van der Waals surface area contributed by atoms with E-state index in [0.717, 1.165) is 0 Å². The molecule has 0 amide bonds. The number of hydrogen-bond donors (Lipinski definition) is 2. The van der Waals surface area contributed by atoms with E-state index in [1.54, 1.807) is 34.6 Å². The fraction of sp³-hybridized carbons (Fsp3) is 0.900. The van der Waals surface area contributed by atoms with Gasteiger partial charge in [0.25, 0.3) is 5.60 Å². The minimum atomic E-state index is -6.08. The summed E-state index contributed by atoms with van der Waals surface area (Å²) in [5.74, 6) is -2.23. The molecule has 13 heteroatoms. The molecule has 2 saturated heterocycles. The van der Waals surface area contributed by atoms with Crippen LogP contribution in [0.2, 0.25) is 0 Å². The quantitative estimate of drug-likeness (QED) is 0.129. The maximum Gasteiger partial charge on any atom is 0.428 e. The SMILES string of the molecule is C=C(C)C(=O)OC1CC2OC1C(C(CC)(CC)OC(C)C(C)(C)O)C2C(CC)(CC)OC(C)C(O)(C(F)(F)F)C(F)(F)F. The van der Waals surface area contributed by atoms with Crippen LogP contribution in [0.25, 0.3) is 0 Å². The zero-order valence-electron chi connectivity index (χ0n) is 26.5. The molecule has 252 valence electrons. The van der Waals surface area contributed by atoms with Crippen molar-refractivity contribution in [1.82, 2.24) is 0 Å². The molecule has 2 heterocycles. The summed E-state index contributed by atoms with van der Waals surface area (Å²) in [6, 6.07) is 0. The van der Waals surface area contributed by atoms with Crippen LogP contribution in [0.3, 0.4) is 0 Å². The Hall–Kier alpha value is -1.41. The zero-order valence-corrected chi connectivity index (χ0v) is 26.5. The van der Waals surface area contributed by atoms with E-state index >= 15 is 0 Å². The third-order valence-electron chi connectivity index (χ3n) is 9.79. The molecule has 7 nitrogen and oxygen atoms in total. The second kappa shape index (κ2) is 12.8. The van der Waals surface area contributed by atoms with Gasteiger partial charge in [-0.2, -0.15) is 26.3 Å². The first-order valence-corrected chi connectivity index (χ1v) is 14.9. The molecule has 0 aromatic rings. The molecule has 7 atom stereocenters. The first kappa shape index (κ1) is 37.8. The highest BCUT2D eigenvalue weighted by atomic mass is 19.4. The molecule has 2 aliphatic heterocycles. The molecule has 0 aromatic heterocycles. The summed E-state index contributed by atoms with van der Waals surface area (Å²) in [5.41, 5.74) is -9.06. The smallest absolute Gasteiger partial charge is 0.428 e. The van der Waals surface area contributed by atoms with Crippen molar-refractivity contribution in [3.05, 3.63) is 12.2 Å². The number of rotatable bonds is 14. The van der Waals surface area contributed by atoms with Gasteiger partial charge >= 0.3 is 18.3 Å². The van der Waals surface area contributed by atoms with Crippen molar-refractivity contribution in [2.24, 2.45) is 11.8 Å². The average Bonchev–Trinajstić information content (AvgIpc) is 3.46. The number of esters is 1. The lowest BCUT2D eigenvalue weighted by molar-refractivity contribution is -0.402. The van der Waals surface area contributed by atoms with E-state index in [1.807, 2.05) is 13.8 Å². The predicted octanol–water partition coefficient (Wildman–Crippen LogP) is 6.43. The summed E-state index contributed by atoms with van der Waals surface area (Å²) in [6.07, 6.45) is -17.3. The molecule has 0 saturated carbocycles. The number of ether oxygens (including phenoxy) is 4. The number of carbonyl (C=O) groups is 1. The largest absolute Gasteiger partial charge is 0.456 e. The molecule has 43 heavy (non-hydrogen) atoms. The van der Waals surface area contributed by atoms with Crippen LogP contribution < -0.4 is 0 Å². The molecule has 2 aliphatic rings. The van der Waals surface area contributed by atoms with Crippen LogP contribution in [0.1, 0.15) is 94.4 Å². The lowest BCUT2D eigenvalue weighted by Gasteiger charge is -2.54. The number of hydrogen-bond acceptors (Lipinski definition) is 7. The molecule has 2 fully saturated rings. The number of carbonyl (C=O) groups excluding carboxylic acids is 1. The predicted molar refractivity (Wildman–Crippen MR) is 146 cm³/mol. The molecule has 2 bridgehead atoms. The van der Waals surface area contributed by atoms with Crippen LogP contribution in [-0.4, -0.2) is 81.5 Å². The highest BCUT2D eigenvalue weighted by Gasteiger charge is 2.75. The highest BCUT2D eigenvalue weighted by Crippen LogP contribution is 2.59. The Morgan fingerprint density at radius 1 is 0.860 bits per heavy atom. The number of aliphatic hydroxyl groups is 2. The van der Waals surface area contributed by atoms with Gasteiger partial charge in [0.15, 0.2) is 0 Å². The van der Waals surface area contributed by atoms with Gasteiger partial charge in [-0.05, 0) is 60.3 Å². The van der Waals surface area contributed by atoms with E-state index in [0.29, 0.717) is 19.8 Å². The molecule has 2 N–H and O–H groups in total. The first-order chi connectivity index (χ1) is 19.4. The van der Waals surface area contributed by atoms with Gasteiger partial charge in [0, 0.05) is 23.8 Å². The Morgan fingerprint density at radius 3 is 1.65 bits per heavy atom. The maximum atomic E-state index is 13.9. The van der Waals surface area contributed by atoms with Crippen molar-refractivity contribution < 1.29 is 60.3 Å². The van der Waals surface area contributed by atoms with Gasteiger partial charge in [-0.3, -0.25) is 0 Å². The summed E-state index contributed by atoms with van der Waals surface area (Å²) in [6.45, 7) is 17.3. The lowest BCUT2D eigenvalue weighted by Crippen LogP contribution is -2.67. The molecular formula is C30H48F6O7. The van der Waals surface area contributed by atoms with Crippen molar-refractivity contribution in [2.75, 3.05) is 0 Å². The van der Waals surface area contributed by atoms with Gasteiger partial charge in [0.1, 0.15) is 18.3 Å².